The second-order valence-electron chi connectivity index (χ2n) is 9.90. The van der Waals surface area contributed by atoms with Crippen molar-refractivity contribution in [1.82, 2.24) is 9.66 Å². The fourth-order valence-electron chi connectivity index (χ4n) is 4.77. The number of nitrogens with zero attached hydrogens (tertiary/aromatic N) is 3. The van der Waals surface area contributed by atoms with Crippen LogP contribution in [0.4, 0.5) is 10.1 Å². The van der Waals surface area contributed by atoms with Gasteiger partial charge in [-0.3, -0.25) is 9.59 Å². The maximum Gasteiger partial charge on any atom is 0.282 e. The summed E-state index contributed by atoms with van der Waals surface area (Å²) in [5, 5.41) is 8.34. The first-order chi connectivity index (χ1) is 22.3. The third kappa shape index (κ3) is 6.42. The summed E-state index contributed by atoms with van der Waals surface area (Å²) in [7, 11) is 1.58. The molecular formula is C34H26FIN4O6. The predicted octanol–water partition coefficient (Wildman–Crippen LogP) is 6.86. The summed E-state index contributed by atoms with van der Waals surface area (Å²) >= 11 is 2.08. The molecule has 0 aliphatic rings. The Hall–Kier alpha value is -5.24. The highest BCUT2D eigenvalue weighted by Crippen LogP contribution is 2.35. The minimum Gasteiger partial charge on any atom is -0.496 e. The molecule has 1 amide bonds. The van der Waals surface area contributed by atoms with Crippen LogP contribution in [-0.4, -0.2) is 42.1 Å². The smallest absolute Gasteiger partial charge is 0.282 e. The number of rotatable bonds is 10. The SMILES string of the molecule is CCOc1cc(C=Nn2c(-c3cc4c(OC)cccc4o3)nc3ccccc3c2=O)cc(I)c1OCC(=O)Nc1ccc(F)cc1. The molecule has 232 valence electrons. The van der Waals surface area contributed by atoms with Gasteiger partial charge in [0.15, 0.2) is 23.9 Å². The van der Waals surface area contributed by atoms with Crippen LogP contribution in [0.1, 0.15) is 12.5 Å². The van der Waals surface area contributed by atoms with E-state index < -0.39 is 11.7 Å². The van der Waals surface area contributed by atoms with E-state index in [0.29, 0.717) is 60.9 Å². The highest BCUT2D eigenvalue weighted by atomic mass is 127. The van der Waals surface area contributed by atoms with E-state index in [0.717, 1.165) is 5.39 Å². The molecule has 12 heteroatoms. The van der Waals surface area contributed by atoms with Crippen LogP contribution in [0.2, 0.25) is 0 Å². The molecule has 0 radical (unpaired) electrons. The Bertz CT molecular complexity index is 2160. The summed E-state index contributed by atoms with van der Waals surface area (Å²) < 4.78 is 38.3. The van der Waals surface area contributed by atoms with Gasteiger partial charge in [-0.05, 0) is 102 Å². The molecule has 0 unspecified atom stereocenters. The molecule has 46 heavy (non-hydrogen) atoms. The van der Waals surface area contributed by atoms with Gasteiger partial charge < -0.3 is 23.9 Å². The van der Waals surface area contributed by atoms with Crippen LogP contribution >= 0.6 is 22.6 Å². The Morgan fingerprint density at radius 3 is 2.61 bits per heavy atom. The van der Waals surface area contributed by atoms with E-state index in [2.05, 4.69) is 33.0 Å². The summed E-state index contributed by atoms with van der Waals surface area (Å²) in [5.74, 6) is 1.11. The number of hydrogen-bond acceptors (Lipinski definition) is 8. The van der Waals surface area contributed by atoms with Crippen molar-refractivity contribution in [3.8, 4) is 28.8 Å². The topological polar surface area (TPSA) is 117 Å². The molecule has 0 spiro atoms. The second-order valence-corrected chi connectivity index (χ2v) is 11.1. The number of benzene rings is 4. The van der Waals surface area contributed by atoms with Crippen molar-refractivity contribution >= 4 is 62.3 Å². The number of carbonyl (C=O) groups is 1. The van der Waals surface area contributed by atoms with Gasteiger partial charge in [-0.2, -0.15) is 9.78 Å². The van der Waals surface area contributed by atoms with Crippen LogP contribution in [-0.2, 0) is 4.79 Å². The number of ether oxygens (including phenoxy) is 3. The highest BCUT2D eigenvalue weighted by Gasteiger charge is 2.19. The van der Waals surface area contributed by atoms with Crippen LogP contribution in [0.25, 0.3) is 33.5 Å². The molecule has 0 saturated heterocycles. The van der Waals surface area contributed by atoms with Crippen LogP contribution in [0.5, 0.6) is 17.2 Å². The van der Waals surface area contributed by atoms with Gasteiger partial charge >= 0.3 is 0 Å². The van der Waals surface area contributed by atoms with Crippen LogP contribution in [0, 0.1) is 9.39 Å². The number of aromatic nitrogens is 2. The summed E-state index contributed by atoms with van der Waals surface area (Å²) in [6, 6.07) is 23.2. The first kappa shape index (κ1) is 30.8. The van der Waals surface area contributed by atoms with E-state index in [9.17, 15) is 14.0 Å². The number of hydrogen-bond donors (Lipinski definition) is 1. The van der Waals surface area contributed by atoms with E-state index in [1.54, 1.807) is 55.6 Å². The maximum absolute atomic E-state index is 13.7. The first-order valence-electron chi connectivity index (χ1n) is 14.1. The zero-order chi connectivity index (χ0) is 32.2. The van der Waals surface area contributed by atoms with Crippen molar-refractivity contribution in [2.75, 3.05) is 25.6 Å². The van der Waals surface area contributed by atoms with Crippen LogP contribution in [0.3, 0.4) is 0 Å². The molecule has 0 aliphatic carbocycles. The number of methoxy groups -OCH3 is 1. The van der Waals surface area contributed by atoms with E-state index in [-0.39, 0.29) is 18.0 Å². The third-order valence-electron chi connectivity index (χ3n) is 6.85. The average molecular weight is 733 g/mol. The van der Waals surface area contributed by atoms with Crippen molar-refractivity contribution in [3.63, 3.8) is 0 Å². The molecular weight excluding hydrogens is 706 g/mol. The largest absolute Gasteiger partial charge is 0.496 e. The summed E-state index contributed by atoms with van der Waals surface area (Å²) in [6.07, 6.45) is 1.51. The van der Waals surface area contributed by atoms with Gasteiger partial charge in [0.1, 0.15) is 17.1 Å². The lowest BCUT2D eigenvalue weighted by Crippen LogP contribution is -2.21. The quantitative estimate of drug-likeness (QED) is 0.121. The minimum absolute atomic E-state index is 0.213. The Morgan fingerprint density at radius 1 is 1.02 bits per heavy atom. The van der Waals surface area contributed by atoms with E-state index >= 15 is 0 Å². The van der Waals surface area contributed by atoms with Crippen molar-refractivity contribution in [2.24, 2.45) is 5.10 Å². The molecule has 0 saturated carbocycles. The molecule has 10 nitrogen and oxygen atoms in total. The summed E-state index contributed by atoms with van der Waals surface area (Å²) in [4.78, 5) is 30.9. The van der Waals surface area contributed by atoms with Gasteiger partial charge in [0.2, 0.25) is 5.82 Å². The van der Waals surface area contributed by atoms with Gasteiger partial charge in [-0.1, -0.05) is 18.2 Å². The molecule has 6 rings (SSSR count). The number of amides is 1. The number of halogens is 2. The van der Waals surface area contributed by atoms with E-state index in [4.69, 9.17) is 23.6 Å². The molecule has 6 aromatic rings. The van der Waals surface area contributed by atoms with Crippen LogP contribution < -0.4 is 25.1 Å². The number of furan rings is 1. The van der Waals surface area contributed by atoms with Crippen molar-refractivity contribution in [3.05, 3.63) is 110 Å². The number of anilines is 1. The molecule has 0 atom stereocenters. The lowest BCUT2D eigenvalue weighted by molar-refractivity contribution is -0.118. The number of para-hydroxylation sites is 1. The molecule has 0 bridgehead atoms. The molecule has 0 fully saturated rings. The number of nitrogens with one attached hydrogen (secondary N) is 1. The maximum atomic E-state index is 13.7. The normalized spacial score (nSPS) is 11.3. The summed E-state index contributed by atoms with van der Waals surface area (Å²) in [6.45, 7) is 1.86. The molecule has 0 aliphatic heterocycles. The minimum atomic E-state index is -0.422. The Balaban J connectivity index is 1.34. The number of fused-ring (bicyclic) bond motifs is 2. The molecule has 2 heterocycles. The van der Waals surface area contributed by atoms with Gasteiger partial charge in [0, 0.05) is 5.69 Å². The zero-order valence-corrected chi connectivity index (χ0v) is 26.8. The Kier molecular flexibility index (Phi) is 8.97. The van der Waals surface area contributed by atoms with E-state index in [1.807, 2.05) is 19.1 Å². The molecule has 2 aromatic heterocycles. The Morgan fingerprint density at radius 2 is 1.83 bits per heavy atom. The number of carbonyl (C=O) groups excluding carboxylic acids is 1. The Labute approximate surface area is 275 Å². The molecule has 4 aromatic carbocycles. The highest BCUT2D eigenvalue weighted by molar-refractivity contribution is 14.1. The third-order valence-corrected chi connectivity index (χ3v) is 7.65. The van der Waals surface area contributed by atoms with Gasteiger partial charge in [0.05, 0.1) is 39.8 Å². The van der Waals surface area contributed by atoms with Gasteiger partial charge in [-0.15, -0.1) is 0 Å². The van der Waals surface area contributed by atoms with Gasteiger partial charge in [0.25, 0.3) is 11.5 Å². The first-order valence-corrected chi connectivity index (χ1v) is 15.2. The monoisotopic (exact) mass is 732 g/mol. The fraction of sp³-hybridized carbons (Fsp3) is 0.118. The fourth-order valence-corrected chi connectivity index (χ4v) is 5.55. The van der Waals surface area contributed by atoms with Crippen molar-refractivity contribution in [1.29, 1.82) is 0 Å². The summed E-state index contributed by atoms with van der Waals surface area (Å²) in [5.41, 5.74) is 1.75. The van der Waals surface area contributed by atoms with Gasteiger partial charge in [-0.25, -0.2) is 9.37 Å². The zero-order valence-electron chi connectivity index (χ0n) is 24.6. The van der Waals surface area contributed by atoms with Crippen molar-refractivity contribution in [2.45, 2.75) is 6.92 Å². The second kappa shape index (κ2) is 13.4. The predicted molar refractivity (Wildman–Crippen MR) is 182 cm³/mol. The van der Waals surface area contributed by atoms with Crippen LogP contribution in [0.15, 0.2) is 99.2 Å². The standard InChI is InChI=1S/C34H26FIN4O6/c1-3-44-29-16-20(15-25(36)32(29)45-19-31(41)38-22-13-11-21(35)12-14-22)18-37-40-33(39-26-8-5-4-7-23(26)34(40)42)30-17-24-27(43-2)9-6-10-28(24)46-30/h4-18H,3,19H2,1-2H3,(H,38,41). The lowest BCUT2D eigenvalue weighted by Gasteiger charge is -2.15. The molecule has 1 N–H and O–H groups in total. The lowest BCUT2D eigenvalue weighted by atomic mass is 10.2. The van der Waals surface area contributed by atoms with E-state index in [1.165, 1.54) is 35.2 Å². The average Bonchev–Trinajstić information content (AvgIpc) is 3.50. The van der Waals surface area contributed by atoms with Crippen molar-refractivity contribution < 1.29 is 27.8 Å².